The van der Waals surface area contributed by atoms with Gasteiger partial charge in [0.1, 0.15) is 6.10 Å². The molecule has 1 aliphatic heterocycles. The SMILES string of the molecule is C=C1C(=O)O[C@H](c2ccccc2)[C@H]1C(O)c1ccccc1. The number of carbonyl (C=O) groups excluding carboxylic acids is 1. The summed E-state index contributed by atoms with van der Waals surface area (Å²) in [6.07, 6.45) is -1.32. The van der Waals surface area contributed by atoms with Crippen molar-refractivity contribution in [2.45, 2.75) is 12.2 Å². The topological polar surface area (TPSA) is 46.5 Å². The van der Waals surface area contributed by atoms with Crippen LogP contribution in [-0.2, 0) is 9.53 Å². The van der Waals surface area contributed by atoms with Crippen molar-refractivity contribution in [3.05, 3.63) is 83.9 Å². The maximum absolute atomic E-state index is 11.9. The molecule has 21 heavy (non-hydrogen) atoms. The van der Waals surface area contributed by atoms with Crippen LogP contribution in [0, 0.1) is 5.92 Å². The number of rotatable bonds is 3. The second-order valence-electron chi connectivity index (χ2n) is 5.14. The molecule has 3 rings (SSSR count). The number of carbonyl (C=O) groups is 1. The van der Waals surface area contributed by atoms with Crippen LogP contribution < -0.4 is 0 Å². The van der Waals surface area contributed by atoms with Crippen molar-refractivity contribution in [1.82, 2.24) is 0 Å². The van der Waals surface area contributed by atoms with Crippen molar-refractivity contribution >= 4 is 5.97 Å². The van der Waals surface area contributed by atoms with E-state index in [1.54, 1.807) is 0 Å². The quantitative estimate of drug-likeness (QED) is 0.694. The van der Waals surface area contributed by atoms with E-state index in [0.717, 1.165) is 11.1 Å². The number of hydrogen-bond donors (Lipinski definition) is 1. The Balaban J connectivity index is 1.97. The van der Waals surface area contributed by atoms with Crippen LogP contribution in [0.5, 0.6) is 0 Å². The monoisotopic (exact) mass is 280 g/mol. The van der Waals surface area contributed by atoms with E-state index in [-0.39, 0.29) is 0 Å². The van der Waals surface area contributed by atoms with Crippen LogP contribution in [0.1, 0.15) is 23.3 Å². The zero-order valence-electron chi connectivity index (χ0n) is 11.5. The maximum atomic E-state index is 11.9. The third kappa shape index (κ3) is 2.48. The molecule has 0 aromatic heterocycles. The normalized spacial score (nSPS) is 22.9. The number of ether oxygens (including phenoxy) is 1. The van der Waals surface area contributed by atoms with Gasteiger partial charge >= 0.3 is 5.97 Å². The molecular weight excluding hydrogens is 264 g/mol. The van der Waals surface area contributed by atoms with Gasteiger partial charge < -0.3 is 9.84 Å². The zero-order valence-corrected chi connectivity index (χ0v) is 11.5. The van der Waals surface area contributed by atoms with E-state index in [1.165, 1.54) is 0 Å². The van der Waals surface area contributed by atoms with Crippen molar-refractivity contribution in [1.29, 1.82) is 0 Å². The van der Waals surface area contributed by atoms with Crippen LogP contribution in [0.15, 0.2) is 72.8 Å². The Bertz CT molecular complexity index is 649. The highest BCUT2D eigenvalue weighted by molar-refractivity contribution is 5.91. The molecule has 1 saturated heterocycles. The molecule has 3 nitrogen and oxygen atoms in total. The molecule has 0 aliphatic carbocycles. The second-order valence-corrected chi connectivity index (χ2v) is 5.14. The molecule has 106 valence electrons. The number of aliphatic hydroxyl groups is 1. The predicted molar refractivity (Wildman–Crippen MR) is 79.3 cm³/mol. The molecule has 0 bridgehead atoms. The van der Waals surface area contributed by atoms with Gasteiger partial charge in [0.25, 0.3) is 0 Å². The summed E-state index contributed by atoms with van der Waals surface area (Å²) in [7, 11) is 0. The average Bonchev–Trinajstić information content (AvgIpc) is 2.84. The molecule has 2 aromatic carbocycles. The average molecular weight is 280 g/mol. The van der Waals surface area contributed by atoms with E-state index in [0.29, 0.717) is 5.57 Å². The van der Waals surface area contributed by atoms with E-state index in [2.05, 4.69) is 6.58 Å². The molecule has 3 heteroatoms. The van der Waals surface area contributed by atoms with Crippen molar-refractivity contribution in [3.63, 3.8) is 0 Å². The molecule has 1 fully saturated rings. The number of cyclic esters (lactones) is 1. The Morgan fingerprint density at radius 1 is 1.00 bits per heavy atom. The molecule has 1 N–H and O–H groups in total. The van der Waals surface area contributed by atoms with Gasteiger partial charge in [0, 0.05) is 5.57 Å². The molecule has 1 unspecified atom stereocenters. The Kier molecular flexibility index (Phi) is 3.59. The molecule has 0 saturated carbocycles. The number of aliphatic hydroxyl groups excluding tert-OH is 1. The number of esters is 1. The lowest BCUT2D eigenvalue weighted by atomic mass is 9.84. The lowest BCUT2D eigenvalue weighted by molar-refractivity contribution is -0.139. The van der Waals surface area contributed by atoms with Crippen LogP contribution in [0.3, 0.4) is 0 Å². The summed E-state index contributed by atoms with van der Waals surface area (Å²) >= 11 is 0. The summed E-state index contributed by atoms with van der Waals surface area (Å²) in [6, 6.07) is 18.7. The van der Waals surface area contributed by atoms with Gasteiger partial charge in [-0.25, -0.2) is 4.79 Å². The summed E-state index contributed by atoms with van der Waals surface area (Å²) in [4.78, 5) is 11.9. The summed E-state index contributed by atoms with van der Waals surface area (Å²) < 4.78 is 5.42. The molecular formula is C18H16O3. The van der Waals surface area contributed by atoms with Gasteiger partial charge in [0.05, 0.1) is 12.0 Å². The Morgan fingerprint density at radius 3 is 2.19 bits per heavy atom. The Morgan fingerprint density at radius 2 is 1.57 bits per heavy atom. The van der Waals surface area contributed by atoms with E-state index in [4.69, 9.17) is 4.74 Å². The molecule has 3 atom stereocenters. The van der Waals surface area contributed by atoms with E-state index >= 15 is 0 Å². The first-order valence-electron chi connectivity index (χ1n) is 6.86. The molecule has 1 aliphatic rings. The lowest BCUT2D eigenvalue weighted by Crippen LogP contribution is -2.18. The fourth-order valence-electron chi connectivity index (χ4n) is 2.71. The standard InChI is InChI=1S/C18H16O3/c1-12-15(16(19)13-8-4-2-5-9-13)17(21-18(12)20)14-10-6-3-7-11-14/h2-11,15-17,19H,1H2/t15-,16?,17-/m1/s1. The fourth-order valence-corrected chi connectivity index (χ4v) is 2.71. The van der Waals surface area contributed by atoms with E-state index < -0.39 is 24.1 Å². The van der Waals surface area contributed by atoms with Gasteiger partial charge in [0.2, 0.25) is 0 Å². The number of hydrogen-bond acceptors (Lipinski definition) is 3. The smallest absolute Gasteiger partial charge is 0.334 e. The van der Waals surface area contributed by atoms with Crippen LogP contribution in [0.4, 0.5) is 0 Å². The van der Waals surface area contributed by atoms with Gasteiger partial charge in [0.15, 0.2) is 0 Å². The van der Waals surface area contributed by atoms with E-state index in [1.807, 2.05) is 60.7 Å². The van der Waals surface area contributed by atoms with Crippen molar-refractivity contribution in [2.24, 2.45) is 5.92 Å². The van der Waals surface area contributed by atoms with E-state index in [9.17, 15) is 9.90 Å². The van der Waals surface area contributed by atoms with Gasteiger partial charge in [-0.3, -0.25) is 0 Å². The van der Waals surface area contributed by atoms with Crippen molar-refractivity contribution in [2.75, 3.05) is 0 Å². The first-order chi connectivity index (χ1) is 10.2. The fraction of sp³-hybridized carbons (Fsp3) is 0.167. The minimum atomic E-state index is -0.824. The molecule has 1 heterocycles. The van der Waals surface area contributed by atoms with Crippen molar-refractivity contribution < 1.29 is 14.6 Å². The second kappa shape index (κ2) is 5.54. The first kappa shape index (κ1) is 13.6. The summed E-state index contributed by atoms with van der Waals surface area (Å²) in [6.45, 7) is 3.80. The predicted octanol–water partition coefficient (Wildman–Crippen LogP) is 3.19. The minimum Gasteiger partial charge on any atom is -0.453 e. The lowest BCUT2D eigenvalue weighted by Gasteiger charge is -2.23. The molecule has 2 aromatic rings. The van der Waals surface area contributed by atoms with Gasteiger partial charge in [-0.05, 0) is 11.1 Å². The summed E-state index contributed by atoms with van der Waals surface area (Å²) in [5, 5.41) is 10.6. The summed E-state index contributed by atoms with van der Waals surface area (Å²) in [5.74, 6) is -0.911. The van der Waals surface area contributed by atoms with Crippen molar-refractivity contribution in [3.8, 4) is 0 Å². The largest absolute Gasteiger partial charge is 0.453 e. The van der Waals surface area contributed by atoms with Gasteiger partial charge in [-0.2, -0.15) is 0 Å². The molecule has 0 radical (unpaired) electrons. The van der Waals surface area contributed by atoms with Gasteiger partial charge in [-0.1, -0.05) is 67.2 Å². The molecule has 0 spiro atoms. The van der Waals surface area contributed by atoms with Gasteiger partial charge in [-0.15, -0.1) is 0 Å². The first-order valence-corrected chi connectivity index (χ1v) is 6.86. The summed E-state index contributed by atoms with van der Waals surface area (Å²) in [5.41, 5.74) is 1.94. The Hall–Kier alpha value is -2.39. The highest BCUT2D eigenvalue weighted by Gasteiger charge is 2.44. The van der Waals surface area contributed by atoms with Crippen LogP contribution in [0.2, 0.25) is 0 Å². The molecule has 0 amide bonds. The zero-order chi connectivity index (χ0) is 14.8. The highest BCUT2D eigenvalue weighted by atomic mass is 16.6. The third-order valence-electron chi connectivity index (χ3n) is 3.83. The van der Waals surface area contributed by atoms with Crippen LogP contribution >= 0.6 is 0 Å². The highest BCUT2D eigenvalue weighted by Crippen LogP contribution is 2.45. The minimum absolute atomic E-state index is 0.320. The van der Waals surface area contributed by atoms with Crippen LogP contribution in [0.25, 0.3) is 0 Å². The number of benzene rings is 2. The third-order valence-corrected chi connectivity index (χ3v) is 3.83. The Labute approximate surface area is 123 Å². The maximum Gasteiger partial charge on any atom is 0.334 e. The van der Waals surface area contributed by atoms with Crippen LogP contribution in [-0.4, -0.2) is 11.1 Å².